The zero-order valence-electron chi connectivity index (χ0n) is 15.7. The largest absolute Gasteiger partial charge is 0.482 e. The van der Waals surface area contributed by atoms with Crippen molar-refractivity contribution in [2.75, 3.05) is 13.2 Å². The summed E-state index contributed by atoms with van der Waals surface area (Å²) in [5.41, 5.74) is 0.806. The zero-order valence-corrected chi connectivity index (χ0v) is 16.4. The molecule has 5 nitrogen and oxygen atoms in total. The molecule has 7 heteroatoms. The molecule has 0 N–H and O–H groups in total. The number of hydrogen-bond acceptors (Lipinski definition) is 4. The molecule has 150 valence electrons. The lowest BCUT2D eigenvalue weighted by atomic mass is 10.1. The molecular weight excluding hydrogens is 395 g/mol. The molecule has 1 aromatic heterocycles. The molecule has 1 saturated heterocycles. The summed E-state index contributed by atoms with van der Waals surface area (Å²) in [7, 11) is 0. The number of carbonyl (C=O) groups is 1. The van der Waals surface area contributed by atoms with Crippen LogP contribution in [0, 0.1) is 5.82 Å². The summed E-state index contributed by atoms with van der Waals surface area (Å²) in [6.45, 7) is 0.522. The van der Waals surface area contributed by atoms with Gasteiger partial charge in [0.2, 0.25) is 5.89 Å². The third kappa shape index (κ3) is 4.59. The fourth-order valence-electron chi connectivity index (χ4n) is 3.51. The third-order valence-electron chi connectivity index (χ3n) is 4.88. The average molecular weight is 415 g/mol. The van der Waals surface area contributed by atoms with E-state index in [2.05, 4.69) is 4.98 Å². The summed E-state index contributed by atoms with van der Waals surface area (Å²) in [5, 5.41) is 0.466. The van der Waals surface area contributed by atoms with Crippen molar-refractivity contribution in [3.63, 3.8) is 0 Å². The molecule has 1 aliphatic rings. The molecule has 0 spiro atoms. The number of amides is 1. The maximum absolute atomic E-state index is 13.4. The van der Waals surface area contributed by atoms with Gasteiger partial charge in [0, 0.05) is 13.0 Å². The van der Waals surface area contributed by atoms with Gasteiger partial charge in [0.25, 0.3) is 5.91 Å². The Morgan fingerprint density at radius 2 is 2.14 bits per heavy atom. The van der Waals surface area contributed by atoms with Gasteiger partial charge in [0.15, 0.2) is 6.61 Å². The van der Waals surface area contributed by atoms with Gasteiger partial charge in [-0.2, -0.15) is 0 Å². The monoisotopic (exact) mass is 414 g/mol. The normalized spacial score (nSPS) is 16.2. The second-order valence-electron chi connectivity index (χ2n) is 6.94. The number of benzene rings is 2. The van der Waals surface area contributed by atoms with E-state index in [4.69, 9.17) is 20.8 Å². The van der Waals surface area contributed by atoms with Crippen molar-refractivity contribution in [1.82, 2.24) is 9.88 Å². The molecule has 0 radical (unpaired) electrons. The number of rotatable bonds is 6. The minimum Gasteiger partial charge on any atom is -0.482 e. The summed E-state index contributed by atoms with van der Waals surface area (Å²) in [5.74, 6) is 1.19. The second-order valence-corrected chi connectivity index (χ2v) is 7.34. The Morgan fingerprint density at radius 3 is 2.97 bits per heavy atom. The maximum atomic E-state index is 13.4. The van der Waals surface area contributed by atoms with Gasteiger partial charge in [-0.1, -0.05) is 35.9 Å². The molecular formula is C22H20ClFN2O3. The van der Waals surface area contributed by atoms with Crippen molar-refractivity contribution >= 4 is 17.5 Å². The SMILES string of the molecule is O=C(COc1ccccc1Cl)N1CCC[C@H]1c1ncc(Cc2cccc(F)c2)o1. The fourth-order valence-corrected chi connectivity index (χ4v) is 3.70. The van der Waals surface area contributed by atoms with Gasteiger partial charge in [-0.25, -0.2) is 9.37 Å². The van der Waals surface area contributed by atoms with Crippen LogP contribution in [0.1, 0.15) is 36.1 Å². The van der Waals surface area contributed by atoms with Gasteiger partial charge in [-0.15, -0.1) is 0 Å². The number of nitrogens with zero attached hydrogens (tertiary/aromatic N) is 2. The topological polar surface area (TPSA) is 55.6 Å². The maximum Gasteiger partial charge on any atom is 0.261 e. The van der Waals surface area contributed by atoms with E-state index >= 15 is 0 Å². The van der Waals surface area contributed by atoms with Crippen LogP contribution in [0.3, 0.4) is 0 Å². The lowest BCUT2D eigenvalue weighted by Crippen LogP contribution is -2.34. The van der Waals surface area contributed by atoms with Crippen LogP contribution in [0.2, 0.25) is 5.02 Å². The number of para-hydroxylation sites is 1. The summed E-state index contributed by atoms with van der Waals surface area (Å²) in [4.78, 5) is 18.8. The zero-order chi connectivity index (χ0) is 20.2. The van der Waals surface area contributed by atoms with Crippen LogP contribution in [0.5, 0.6) is 5.75 Å². The van der Waals surface area contributed by atoms with Crippen molar-refractivity contribution < 1.29 is 18.3 Å². The lowest BCUT2D eigenvalue weighted by molar-refractivity contribution is -0.134. The van der Waals surface area contributed by atoms with E-state index in [1.165, 1.54) is 12.1 Å². The highest BCUT2D eigenvalue weighted by Crippen LogP contribution is 2.32. The van der Waals surface area contributed by atoms with Crippen molar-refractivity contribution in [1.29, 1.82) is 0 Å². The van der Waals surface area contributed by atoms with Gasteiger partial charge in [-0.05, 0) is 42.7 Å². The van der Waals surface area contributed by atoms with Crippen LogP contribution in [0.15, 0.2) is 59.1 Å². The van der Waals surface area contributed by atoms with E-state index in [-0.39, 0.29) is 24.4 Å². The van der Waals surface area contributed by atoms with Crippen LogP contribution in [0.4, 0.5) is 4.39 Å². The molecule has 2 aromatic carbocycles. The Morgan fingerprint density at radius 1 is 1.28 bits per heavy atom. The molecule has 1 amide bonds. The van der Waals surface area contributed by atoms with Crippen LogP contribution in [-0.2, 0) is 11.2 Å². The van der Waals surface area contributed by atoms with Crippen molar-refractivity contribution in [3.8, 4) is 5.75 Å². The number of halogens is 2. The molecule has 4 rings (SSSR count). The molecule has 0 saturated carbocycles. The first-order valence-corrected chi connectivity index (χ1v) is 9.84. The second kappa shape index (κ2) is 8.66. The standard InChI is InChI=1S/C22H20ClFN2O3/c23-18-7-1-2-9-20(18)28-14-21(27)26-10-4-8-19(26)22-25-13-17(29-22)12-15-5-3-6-16(24)11-15/h1-3,5-7,9,11,13,19H,4,8,10,12,14H2/t19-/m0/s1. The Labute approximate surface area is 173 Å². The van der Waals surface area contributed by atoms with Crippen molar-refractivity contribution in [2.45, 2.75) is 25.3 Å². The van der Waals surface area contributed by atoms with E-state index in [9.17, 15) is 9.18 Å². The van der Waals surface area contributed by atoms with E-state index in [1.807, 2.05) is 6.07 Å². The predicted molar refractivity (Wildman–Crippen MR) is 106 cm³/mol. The van der Waals surface area contributed by atoms with Crippen LogP contribution < -0.4 is 4.74 Å². The first-order valence-electron chi connectivity index (χ1n) is 9.46. The van der Waals surface area contributed by atoms with E-state index in [0.29, 0.717) is 35.4 Å². The molecule has 0 bridgehead atoms. The fraction of sp³-hybridized carbons (Fsp3) is 0.273. The highest BCUT2D eigenvalue weighted by Gasteiger charge is 2.33. The van der Waals surface area contributed by atoms with E-state index in [1.54, 1.807) is 41.4 Å². The number of ether oxygens (including phenoxy) is 1. The molecule has 1 aliphatic heterocycles. The number of aromatic nitrogens is 1. The number of carbonyl (C=O) groups excluding carboxylic acids is 1. The summed E-state index contributed by atoms with van der Waals surface area (Å²) in [6.07, 6.45) is 3.73. The van der Waals surface area contributed by atoms with Gasteiger partial charge in [0.05, 0.1) is 11.2 Å². The molecule has 1 atom stereocenters. The predicted octanol–water partition coefficient (Wildman–Crippen LogP) is 4.80. The molecule has 3 aromatic rings. The minimum absolute atomic E-state index is 0.100. The highest BCUT2D eigenvalue weighted by molar-refractivity contribution is 6.32. The summed E-state index contributed by atoms with van der Waals surface area (Å²) >= 11 is 6.07. The van der Waals surface area contributed by atoms with E-state index < -0.39 is 0 Å². The molecule has 2 heterocycles. The van der Waals surface area contributed by atoms with Gasteiger partial charge in [0.1, 0.15) is 23.4 Å². The molecule has 0 unspecified atom stereocenters. The molecule has 1 fully saturated rings. The van der Waals surface area contributed by atoms with Crippen molar-refractivity contribution in [2.24, 2.45) is 0 Å². The van der Waals surface area contributed by atoms with Crippen LogP contribution in [0.25, 0.3) is 0 Å². The van der Waals surface area contributed by atoms with Crippen LogP contribution in [-0.4, -0.2) is 28.9 Å². The number of hydrogen-bond donors (Lipinski definition) is 0. The number of likely N-dealkylation sites (tertiary alicyclic amines) is 1. The first-order chi connectivity index (χ1) is 14.1. The molecule has 29 heavy (non-hydrogen) atoms. The summed E-state index contributed by atoms with van der Waals surface area (Å²) in [6, 6.07) is 13.2. The Balaban J connectivity index is 1.41. The van der Waals surface area contributed by atoms with Gasteiger partial charge < -0.3 is 14.1 Å². The van der Waals surface area contributed by atoms with E-state index in [0.717, 1.165) is 18.4 Å². The Bertz CT molecular complexity index is 1010. The average Bonchev–Trinajstić information content (AvgIpc) is 3.36. The van der Waals surface area contributed by atoms with Gasteiger partial charge in [-0.3, -0.25) is 4.79 Å². The first kappa shape index (κ1) is 19.5. The summed E-state index contributed by atoms with van der Waals surface area (Å²) < 4.78 is 24.8. The number of oxazole rings is 1. The molecule has 0 aliphatic carbocycles. The minimum atomic E-state index is -0.284. The third-order valence-corrected chi connectivity index (χ3v) is 5.20. The van der Waals surface area contributed by atoms with Crippen molar-refractivity contribution in [3.05, 3.63) is 82.8 Å². The quantitative estimate of drug-likeness (QED) is 0.581. The smallest absolute Gasteiger partial charge is 0.261 e. The van der Waals surface area contributed by atoms with Crippen LogP contribution >= 0.6 is 11.6 Å². The van der Waals surface area contributed by atoms with Gasteiger partial charge >= 0.3 is 0 Å². The highest BCUT2D eigenvalue weighted by atomic mass is 35.5. The lowest BCUT2D eigenvalue weighted by Gasteiger charge is -2.22. The Kier molecular flexibility index (Phi) is 5.81. The Hall–Kier alpha value is -2.86.